The molecule has 124 valence electrons. The molecule has 1 aromatic rings. The summed E-state index contributed by atoms with van der Waals surface area (Å²) in [7, 11) is 1.70. The van der Waals surface area contributed by atoms with E-state index in [1.807, 2.05) is 6.07 Å². The van der Waals surface area contributed by atoms with Gasteiger partial charge in [-0.1, -0.05) is 38.3 Å². The van der Waals surface area contributed by atoms with Crippen LogP contribution >= 0.6 is 31.9 Å². The van der Waals surface area contributed by atoms with Crippen LogP contribution in [0.5, 0.6) is 11.5 Å². The molecule has 0 saturated heterocycles. The SMILES string of the molecule is COc1cc(Br)c2c3c1O[C@H]1[C@@H](O)[C@H](Br)C[C@H]4[C@H](CCCC341)C2. The molecular weight excluding hydrogens is 424 g/mol. The number of methoxy groups -OCH3 is 1. The normalized spacial score (nSPS) is 42.9. The van der Waals surface area contributed by atoms with Crippen LogP contribution in [0.4, 0.5) is 0 Å². The number of ether oxygens (including phenoxy) is 2. The van der Waals surface area contributed by atoms with Gasteiger partial charge in [0.2, 0.25) is 0 Å². The van der Waals surface area contributed by atoms with Gasteiger partial charge in [0.25, 0.3) is 0 Å². The van der Waals surface area contributed by atoms with Crippen LogP contribution in [0.1, 0.15) is 36.8 Å². The summed E-state index contributed by atoms with van der Waals surface area (Å²) >= 11 is 7.49. The molecule has 5 rings (SSSR count). The molecular formula is C18H20Br2O3. The zero-order valence-corrected chi connectivity index (χ0v) is 16.2. The first-order chi connectivity index (χ1) is 11.1. The summed E-state index contributed by atoms with van der Waals surface area (Å²) < 4.78 is 13.2. The monoisotopic (exact) mass is 442 g/mol. The summed E-state index contributed by atoms with van der Waals surface area (Å²) in [5, 5.41) is 10.9. The van der Waals surface area contributed by atoms with E-state index in [-0.39, 0.29) is 16.3 Å². The van der Waals surface area contributed by atoms with Crippen molar-refractivity contribution in [3.63, 3.8) is 0 Å². The molecule has 1 N–H and O–H groups in total. The molecule has 1 aromatic carbocycles. The summed E-state index contributed by atoms with van der Waals surface area (Å²) in [5.74, 6) is 2.98. The van der Waals surface area contributed by atoms with Crippen molar-refractivity contribution >= 4 is 31.9 Å². The fourth-order valence-corrected chi connectivity index (χ4v) is 7.21. The zero-order chi connectivity index (χ0) is 15.9. The number of aliphatic hydroxyl groups is 1. The van der Waals surface area contributed by atoms with Crippen molar-refractivity contribution in [3.8, 4) is 11.5 Å². The Morgan fingerprint density at radius 1 is 1.43 bits per heavy atom. The first-order valence-electron chi connectivity index (χ1n) is 8.46. The molecule has 0 aromatic heterocycles. The minimum atomic E-state index is -0.466. The van der Waals surface area contributed by atoms with Crippen LogP contribution in [0.15, 0.2) is 10.5 Å². The maximum Gasteiger partial charge on any atom is 0.166 e. The fourth-order valence-electron chi connectivity index (χ4n) is 5.97. The van der Waals surface area contributed by atoms with Crippen molar-refractivity contribution in [1.82, 2.24) is 0 Å². The fraction of sp³-hybridized carbons (Fsp3) is 0.667. The molecule has 5 heteroatoms. The van der Waals surface area contributed by atoms with E-state index in [2.05, 4.69) is 31.9 Å². The van der Waals surface area contributed by atoms with Crippen molar-refractivity contribution in [2.45, 2.75) is 54.6 Å². The molecule has 0 radical (unpaired) electrons. The number of alkyl halides is 1. The Kier molecular flexibility index (Phi) is 3.19. The third-order valence-electron chi connectivity index (χ3n) is 6.76. The van der Waals surface area contributed by atoms with Crippen LogP contribution in [0.3, 0.4) is 0 Å². The van der Waals surface area contributed by atoms with Crippen molar-refractivity contribution in [2.24, 2.45) is 11.8 Å². The van der Waals surface area contributed by atoms with Crippen LogP contribution in [0, 0.1) is 11.8 Å². The quantitative estimate of drug-likeness (QED) is 0.667. The lowest BCUT2D eigenvalue weighted by atomic mass is 9.48. The molecule has 2 saturated carbocycles. The van der Waals surface area contributed by atoms with Crippen LogP contribution < -0.4 is 9.47 Å². The number of benzene rings is 1. The second kappa shape index (κ2) is 4.89. The van der Waals surface area contributed by atoms with E-state index in [4.69, 9.17) is 9.47 Å². The number of rotatable bonds is 1. The molecule has 3 nitrogen and oxygen atoms in total. The Balaban J connectivity index is 1.82. The van der Waals surface area contributed by atoms with Gasteiger partial charge in [-0.05, 0) is 49.1 Å². The highest BCUT2D eigenvalue weighted by Crippen LogP contribution is 2.67. The maximum atomic E-state index is 10.9. The summed E-state index contributed by atoms with van der Waals surface area (Å²) in [5.41, 5.74) is 2.71. The van der Waals surface area contributed by atoms with Crippen LogP contribution in [0.25, 0.3) is 0 Å². The first-order valence-corrected chi connectivity index (χ1v) is 10.2. The van der Waals surface area contributed by atoms with Crippen molar-refractivity contribution in [1.29, 1.82) is 0 Å². The summed E-state index contributed by atoms with van der Waals surface area (Å²) in [6.07, 6.45) is 5.19. The molecule has 3 aliphatic carbocycles. The van der Waals surface area contributed by atoms with Gasteiger partial charge in [0.1, 0.15) is 12.2 Å². The van der Waals surface area contributed by atoms with Crippen molar-refractivity contribution < 1.29 is 14.6 Å². The highest BCUT2D eigenvalue weighted by Gasteiger charge is 2.66. The van der Waals surface area contributed by atoms with E-state index < -0.39 is 6.10 Å². The third kappa shape index (κ3) is 1.69. The molecule has 2 bridgehead atoms. The molecule has 2 fully saturated rings. The average Bonchev–Trinajstić information content (AvgIpc) is 2.86. The molecule has 1 aliphatic heterocycles. The van der Waals surface area contributed by atoms with Gasteiger partial charge in [-0.3, -0.25) is 0 Å². The second-order valence-corrected chi connectivity index (χ2v) is 9.56. The van der Waals surface area contributed by atoms with Gasteiger partial charge < -0.3 is 14.6 Å². The van der Waals surface area contributed by atoms with E-state index in [0.717, 1.165) is 35.2 Å². The van der Waals surface area contributed by atoms with Gasteiger partial charge in [-0.2, -0.15) is 0 Å². The standard InChI is InChI=1S/C18H20Br2O3/c1-22-13-7-11(19)9-5-8-3-2-4-18-10(8)6-12(20)15(21)17(18)23-16(13)14(9)18/h7-8,10,12,15,17,21H,2-6H2,1H3/t8-,10+,12-,15+,17+,18?/m1/s1. The Labute approximate surface area is 153 Å². The van der Waals surface area contributed by atoms with Crippen LogP contribution in [-0.4, -0.2) is 29.3 Å². The molecule has 1 spiro atoms. The molecule has 4 aliphatic rings. The highest BCUT2D eigenvalue weighted by molar-refractivity contribution is 9.10. The van der Waals surface area contributed by atoms with Gasteiger partial charge in [-0.15, -0.1) is 0 Å². The van der Waals surface area contributed by atoms with E-state index in [1.54, 1.807) is 7.11 Å². The van der Waals surface area contributed by atoms with Gasteiger partial charge in [-0.25, -0.2) is 0 Å². The Morgan fingerprint density at radius 2 is 2.26 bits per heavy atom. The minimum absolute atomic E-state index is 0.0212. The summed E-state index contributed by atoms with van der Waals surface area (Å²) in [6.45, 7) is 0. The lowest BCUT2D eigenvalue weighted by Crippen LogP contribution is -2.62. The molecule has 1 heterocycles. The van der Waals surface area contributed by atoms with E-state index >= 15 is 0 Å². The van der Waals surface area contributed by atoms with Crippen LogP contribution in [-0.2, 0) is 11.8 Å². The maximum absolute atomic E-state index is 10.9. The summed E-state index contributed by atoms with van der Waals surface area (Å²) in [4.78, 5) is 0.122. The molecule has 23 heavy (non-hydrogen) atoms. The number of hydrogen-bond donors (Lipinski definition) is 1. The Hall–Kier alpha value is -0.260. The predicted molar refractivity (Wildman–Crippen MR) is 94.7 cm³/mol. The lowest BCUT2D eigenvalue weighted by Gasteiger charge is -2.57. The molecule has 1 unspecified atom stereocenters. The summed E-state index contributed by atoms with van der Waals surface area (Å²) in [6, 6.07) is 2.04. The van der Waals surface area contributed by atoms with Crippen LogP contribution in [0.2, 0.25) is 0 Å². The molecule has 6 atom stereocenters. The van der Waals surface area contributed by atoms with Gasteiger partial charge >= 0.3 is 0 Å². The Bertz CT molecular complexity index is 691. The van der Waals surface area contributed by atoms with E-state index in [0.29, 0.717) is 11.8 Å². The zero-order valence-electron chi connectivity index (χ0n) is 13.0. The smallest absolute Gasteiger partial charge is 0.166 e. The predicted octanol–water partition coefficient (Wildman–Crippen LogP) is 3.96. The minimum Gasteiger partial charge on any atom is -0.493 e. The number of aliphatic hydroxyl groups excluding tert-OH is 1. The second-order valence-electron chi connectivity index (χ2n) is 7.53. The first kappa shape index (κ1) is 15.0. The van der Waals surface area contributed by atoms with Gasteiger partial charge in [0.15, 0.2) is 11.5 Å². The Morgan fingerprint density at radius 3 is 3.04 bits per heavy atom. The van der Waals surface area contributed by atoms with Crippen molar-refractivity contribution in [3.05, 3.63) is 21.7 Å². The number of halogens is 2. The average molecular weight is 444 g/mol. The largest absolute Gasteiger partial charge is 0.493 e. The van der Waals surface area contributed by atoms with Gasteiger partial charge in [0.05, 0.1) is 7.11 Å². The topological polar surface area (TPSA) is 38.7 Å². The van der Waals surface area contributed by atoms with Crippen molar-refractivity contribution in [2.75, 3.05) is 7.11 Å². The number of hydrogen-bond acceptors (Lipinski definition) is 3. The molecule has 0 amide bonds. The van der Waals surface area contributed by atoms with E-state index in [9.17, 15) is 5.11 Å². The van der Waals surface area contributed by atoms with Gasteiger partial charge in [0, 0.05) is 20.3 Å². The highest BCUT2D eigenvalue weighted by atomic mass is 79.9. The third-order valence-corrected chi connectivity index (χ3v) is 8.38. The lowest BCUT2D eigenvalue weighted by molar-refractivity contribution is -0.0811. The van der Waals surface area contributed by atoms with E-state index in [1.165, 1.54) is 24.0 Å².